The molecule has 3 aromatic carbocycles. The number of ether oxygens (including phenoxy) is 1. The standard InChI is InChI=1S/C24H23BrClNO4S/c1-15-5-6-16(2)22(11-15)27(32(29,30)21-9-7-20(26)8-10-21)23(28)14-31-24-17(3)12-19(25)13-18(24)4/h5-13H,14H2,1-4H3. The third-order valence-corrected chi connectivity index (χ3v) is 7.39. The van der Waals surface area contributed by atoms with Gasteiger partial charge in [0.25, 0.3) is 15.9 Å². The zero-order chi connectivity index (χ0) is 23.6. The van der Waals surface area contributed by atoms with E-state index in [0.717, 1.165) is 25.5 Å². The summed E-state index contributed by atoms with van der Waals surface area (Å²) in [6, 6.07) is 14.8. The third-order valence-electron chi connectivity index (χ3n) is 4.93. The predicted molar refractivity (Wildman–Crippen MR) is 131 cm³/mol. The van der Waals surface area contributed by atoms with Gasteiger partial charge in [-0.05, 0) is 92.4 Å². The first-order valence-corrected chi connectivity index (χ1v) is 12.4. The zero-order valence-corrected chi connectivity index (χ0v) is 21.3. The number of benzene rings is 3. The van der Waals surface area contributed by atoms with Crippen LogP contribution in [0, 0.1) is 27.7 Å². The zero-order valence-electron chi connectivity index (χ0n) is 18.1. The number of nitrogens with zero attached hydrogens (tertiary/aromatic N) is 1. The fourth-order valence-corrected chi connectivity index (χ4v) is 5.65. The summed E-state index contributed by atoms with van der Waals surface area (Å²) in [5.74, 6) is -0.151. The summed E-state index contributed by atoms with van der Waals surface area (Å²) < 4.78 is 34.6. The van der Waals surface area contributed by atoms with Gasteiger partial charge in [-0.3, -0.25) is 4.79 Å². The number of halogens is 2. The Morgan fingerprint density at radius 3 is 2.12 bits per heavy atom. The molecule has 0 aliphatic carbocycles. The Kier molecular flexibility index (Phi) is 7.32. The lowest BCUT2D eigenvalue weighted by Gasteiger charge is -2.25. The molecule has 5 nitrogen and oxygen atoms in total. The normalized spacial score (nSPS) is 11.3. The van der Waals surface area contributed by atoms with E-state index in [-0.39, 0.29) is 10.6 Å². The first kappa shape index (κ1) is 24.3. The molecule has 0 N–H and O–H groups in total. The monoisotopic (exact) mass is 535 g/mol. The summed E-state index contributed by atoms with van der Waals surface area (Å²) >= 11 is 9.36. The number of amides is 1. The van der Waals surface area contributed by atoms with Crippen LogP contribution in [0.5, 0.6) is 5.75 Å². The van der Waals surface area contributed by atoms with Crippen molar-refractivity contribution in [3.05, 3.63) is 86.3 Å². The summed E-state index contributed by atoms with van der Waals surface area (Å²) in [4.78, 5) is 13.3. The SMILES string of the molecule is Cc1ccc(C)c(N(C(=O)COc2c(C)cc(Br)cc2C)S(=O)(=O)c2ccc(Cl)cc2)c1. The maximum absolute atomic E-state index is 13.5. The van der Waals surface area contributed by atoms with Crippen LogP contribution in [-0.4, -0.2) is 20.9 Å². The smallest absolute Gasteiger partial charge is 0.278 e. The molecule has 3 rings (SSSR count). The summed E-state index contributed by atoms with van der Waals surface area (Å²) in [6.45, 7) is 6.89. The van der Waals surface area contributed by atoms with Crippen molar-refractivity contribution in [2.24, 2.45) is 0 Å². The van der Waals surface area contributed by atoms with Crippen molar-refractivity contribution in [3.63, 3.8) is 0 Å². The maximum atomic E-state index is 13.5. The molecule has 0 aromatic heterocycles. The highest BCUT2D eigenvalue weighted by Gasteiger charge is 2.32. The van der Waals surface area contributed by atoms with Gasteiger partial charge >= 0.3 is 0 Å². The fraction of sp³-hybridized carbons (Fsp3) is 0.208. The Balaban J connectivity index is 2.04. The maximum Gasteiger partial charge on any atom is 0.278 e. The van der Waals surface area contributed by atoms with E-state index < -0.39 is 22.5 Å². The molecular weight excluding hydrogens is 514 g/mol. The van der Waals surface area contributed by atoms with E-state index >= 15 is 0 Å². The van der Waals surface area contributed by atoms with Crippen LogP contribution in [0.1, 0.15) is 22.3 Å². The molecule has 168 valence electrons. The Morgan fingerprint density at radius 2 is 1.53 bits per heavy atom. The van der Waals surface area contributed by atoms with Gasteiger partial charge in [0.15, 0.2) is 6.61 Å². The van der Waals surface area contributed by atoms with Crippen LogP contribution in [0.2, 0.25) is 5.02 Å². The van der Waals surface area contributed by atoms with E-state index in [2.05, 4.69) is 15.9 Å². The first-order chi connectivity index (χ1) is 15.0. The molecule has 32 heavy (non-hydrogen) atoms. The second-order valence-corrected chi connectivity index (χ2v) is 10.7. The van der Waals surface area contributed by atoms with Gasteiger partial charge in [-0.15, -0.1) is 0 Å². The molecule has 0 radical (unpaired) electrons. The lowest BCUT2D eigenvalue weighted by atomic mass is 10.1. The number of carbonyl (C=O) groups is 1. The number of carbonyl (C=O) groups excluding carboxylic acids is 1. The van der Waals surface area contributed by atoms with Crippen LogP contribution in [0.15, 0.2) is 64.0 Å². The Bertz CT molecular complexity index is 1250. The molecular formula is C24H23BrClNO4S. The van der Waals surface area contributed by atoms with Gasteiger partial charge in [0.05, 0.1) is 10.6 Å². The first-order valence-electron chi connectivity index (χ1n) is 9.81. The third kappa shape index (κ3) is 5.17. The van der Waals surface area contributed by atoms with Crippen LogP contribution < -0.4 is 9.04 Å². The van der Waals surface area contributed by atoms with Gasteiger partial charge in [-0.2, -0.15) is 4.31 Å². The van der Waals surface area contributed by atoms with E-state index in [4.69, 9.17) is 16.3 Å². The van der Waals surface area contributed by atoms with E-state index in [9.17, 15) is 13.2 Å². The second kappa shape index (κ2) is 9.65. The van der Waals surface area contributed by atoms with Gasteiger partial charge < -0.3 is 4.74 Å². The lowest BCUT2D eigenvalue weighted by molar-refractivity contribution is -0.119. The molecule has 0 saturated heterocycles. The van der Waals surface area contributed by atoms with Crippen molar-refractivity contribution in [1.82, 2.24) is 0 Å². The van der Waals surface area contributed by atoms with Crippen molar-refractivity contribution in [2.45, 2.75) is 32.6 Å². The molecule has 1 amide bonds. The molecule has 0 heterocycles. The van der Waals surface area contributed by atoms with Crippen LogP contribution in [0.3, 0.4) is 0 Å². The number of sulfonamides is 1. The van der Waals surface area contributed by atoms with Gasteiger partial charge in [-0.25, -0.2) is 8.42 Å². The quantitative estimate of drug-likeness (QED) is 0.380. The molecule has 0 spiro atoms. The molecule has 0 fully saturated rings. The van der Waals surface area contributed by atoms with Crippen molar-refractivity contribution in [1.29, 1.82) is 0 Å². The molecule has 0 atom stereocenters. The van der Waals surface area contributed by atoms with Gasteiger partial charge in [0.1, 0.15) is 5.75 Å². The average molecular weight is 537 g/mol. The van der Waals surface area contributed by atoms with E-state index in [0.29, 0.717) is 16.3 Å². The van der Waals surface area contributed by atoms with Crippen molar-refractivity contribution < 1.29 is 17.9 Å². The number of anilines is 1. The highest BCUT2D eigenvalue weighted by molar-refractivity contribution is 9.10. The molecule has 3 aromatic rings. The molecule has 8 heteroatoms. The minimum Gasteiger partial charge on any atom is -0.483 e. The number of hydrogen-bond donors (Lipinski definition) is 0. The second-order valence-electron chi connectivity index (χ2n) is 7.56. The molecule has 0 saturated carbocycles. The lowest BCUT2D eigenvalue weighted by Crippen LogP contribution is -2.40. The predicted octanol–water partition coefficient (Wildman–Crippen LogP) is 6.14. The Labute approximate surface area is 202 Å². The fourth-order valence-electron chi connectivity index (χ4n) is 3.37. The highest BCUT2D eigenvalue weighted by atomic mass is 79.9. The average Bonchev–Trinajstić information content (AvgIpc) is 2.70. The van der Waals surface area contributed by atoms with Crippen LogP contribution in [0.25, 0.3) is 0 Å². The van der Waals surface area contributed by atoms with Gasteiger partial charge in [0, 0.05) is 9.50 Å². The minimum atomic E-state index is -4.20. The largest absolute Gasteiger partial charge is 0.483 e. The summed E-state index contributed by atoms with van der Waals surface area (Å²) in [7, 11) is -4.20. The van der Waals surface area contributed by atoms with E-state index in [1.165, 1.54) is 24.3 Å². The summed E-state index contributed by atoms with van der Waals surface area (Å²) in [5.41, 5.74) is 3.44. The summed E-state index contributed by atoms with van der Waals surface area (Å²) in [6.07, 6.45) is 0. The molecule has 0 aliphatic rings. The van der Waals surface area contributed by atoms with Gasteiger partial charge in [0.2, 0.25) is 0 Å². The van der Waals surface area contributed by atoms with E-state index in [1.54, 1.807) is 19.1 Å². The summed E-state index contributed by atoms with van der Waals surface area (Å²) in [5, 5.41) is 0.401. The van der Waals surface area contributed by atoms with Crippen LogP contribution >= 0.6 is 27.5 Å². The Morgan fingerprint density at radius 1 is 0.938 bits per heavy atom. The van der Waals surface area contributed by atoms with Crippen molar-refractivity contribution in [3.8, 4) is 5.75 Å². The van der Waals surface area contributed by atoms with E-state index in [1.807, 2.05) is 39.0 Å². The van der Waals surface area contributed by atoms with Crippen molar-refractivity contribution >= 4 is 49.1 Å². The Hall–Kier alpha value is -2.35. The molecule has 0 aliphatic heterocycles. The number of aryl methyl sites for hydroxylation is 4. The highest BCUT2D eigenvalue weighted by Crippen LogP contribution is 2.30. The molecule has 0 unspecified atom stereocenters. The van der Waals surface area contributed by atoms with Crippen LogP contribution in [-0.2, 0) is 14.8 Å². The number of rotatable bonds is 6. The van der Waals surface area contributed by atoms with Crippen LogP contribution in [0.4, 0.5) is 5.69 Å². The number of hydrogen-bond acceptors (Lipinski definition) is 4. The van der Waals surface area contributed by atoms with Gasteiger partial charge in [-0.1, -0.05) is 39.7 Å². The topological polar surface area (TPSA) is 63.7 Å². The minimum absolute atomic E-state index is 0.0350. The van der Waals surface area contributed by atoms with Crippen molar-refractivity contribution in [2.75, 3.05) is 10.9 Å². The molecule has 0 bridgehead atoms.